The SMILES string of the molecule is O=C(CCC(=O)N1CCN(c2ccc(NC(=O)c3ccc4ccccc4c3)cc2)CC1)c1ccc(OCC[18F])cc1. The number of rotatable bonds is 10. The van der Waals surface area contributed by atoms with Crippen LogP contribution in [-0.2, 0) is 4.79 Å². The maximum atomic E-state index is 12.8. The molecule has 5 rings (SSSR count). The van der Waals surface area contributed by atoms with Crippen LogP contribution in [0.2, 0.25) is 0 Å². The van der Waals surface area contributed by atoms with Crippen molar-refractivity contribution in [2.24, 2.45) is 0 Å². The molecule has 0 saturated carbocycles. The van der Waals surface area contributed by atoms with Crippen molar-refractivity contribution in [3.05, 3.63) is 102 Å². The van der Waals surface area contributed by atoms with Crippen LogP contribution in [0.4, 0.5) is 15.8 Å². The molecular formula is C33H32FN3O4. The Balaban J connectivity index is 1.07. The predicted octanol–water partition coefficient (Wildman–Crippen LogP) is 5.75. The van der Waals surface area contributed by atoms with Crippen LogP contribution in [0, 0.1) is 0 Å². The van der Waals surface area contributed by atoms with Crippen molar-refractivity contribution >= 4 is 39.7 Å². The average molecular weight is 553 g/mol. The van der Waals surface area contributed by atoms with Gasteiger partial charge in [-0.05, 0) is 71.4 Å². The third-order valence-corrected chi connectivity index (χ3v) is 7.22. The first-order valence-corrected chi connectivity index (χ1v) is 13.7. The summed E-state index contributed by atoms with van der Waals surface area (Å²) < 4.78 is 17.4. The lowest BCUT2D eigenvalue weighted by atomic mass is 10.1. The van der Waals surface area contributed by atoms with Gasteiger partial charge >= 0.3 is 0 Å². The summed E-state index contributed by atoms with van der Waals surface area (Å²) in [7, 11) is 0. The lowest BCUT2D eigenvalue weighted by Gasteiger charge is -2.36. The number of fused-ring (bicyclic) bond motifs is 1. The lowest BCUT2D eigenvalue weighted by Crippen LogP contribution is -2.48. The number of hydrogen-bond acceptors (Lipinski definition) is 5. The van der Waals surface area contributed by atoms with Gasteiger partial charge in [0.25, 0.3) is 5.91 Å². The third kappa shape index (κ3) is 7.08. The van der Waals surface area contributed by atoms with E-state index < -0.39 is 6.67 Å². The van der Waals surface area contributed by atoms with Crippen LogP contribution >= 0.6 is 0 Å². The van der Waals surface area contributed by atoms with E-state index in [4.69, 9.17) is 4.74 Å². The molecule has 1 saturated heterocycles. The molecule has 0 unspecified atom stereocenters. The highest BCUT2D eigenvalue weighted by Crippen LogP contribution is 2.22. The van der Waals surface area contributed by atoms with Crippen molar-refractivity contribution in [1.82, 2.24) is 4.90 Å². The molecule has 8 heteroatoms. The van der Waals surface area contributed by atoms with Crippen LogP contribution in [-0.4, -0.2) is 62.0 Å². The first-order valence-electron chi connectivity index (χ1n) is 13.7. The molecule has 1 heterocycles. The molecule has 0 aliphatic carbocycles. The summed E-state index contributed by atoms with van der Waals surface area (Å²) >= 11 is 0. The molecule has 0 spiro atoms. The number of nitrogens with zero attached hydrogens (tertiary/aromatic N) is 2. The van der Waals surface area contributed by atoms with Crippen molar-refractivity contribution in [3.63, 3.8) is 0 Å². The van der Waals surface area contributed by atoms with Gasteiger partial charge in [-0.3, -0.25) is 14.4 Å². The molecule has 4 aromatic carbocycles. The molecule has 0 aromatic heterocycles. The summed E-state index contributed by atoms with van der Waals surface area (Å²) in [4.78, 5) is 42.0. The highest BCUT2D eigenvalue weighted by molar-refractivity contribution is 6.06. The van der Waals surface area contributed by atoms with Gasteiger partial charge < -0.3 is 19.9 Å². The summed E-state index contributed by atoms with van der Waals surface area (Å²) in [5.41, 5.74) is 2.85. The standard InChI is InChI=1S/C33H32FN3O4/c34-17-22-41-30-13-7-25(8-14-30)31(38)15-16-32(39)37-20-18-36(19-21-37)29-11-9-28(10-12-29)35-33(40)27-6-5-24-3-1-2-4-26(24)23-27/h1-14,23H,15-22H2,(H,35,40)/i34-1. The summed E-state index contributed by atoms with van der Waals surface area (Å²) in [5, 5.41) is 5.07. The number of anilines is 2. The number of hydrogen-bond donors (Lipinski definition) is 1. The van der Waals surface area contributed by atoms with Crippen LogP contribution in [0.5, 0.6) is 5.75 Å². The fourth-order valence-corrected chi connectivity index (χ4v) is 4.92. The highest BCUT2D eigenvalue weighted by atomic mass is 18.2. The first kappa shape index (κ1) is 27.8. The van der Waals surface area contributed by atoms with Crippen molar-refractivity contribution in [2.45, 2.75) is 12.8 Å². The number of amides is 2. The molecule has 1 aliphatic heterocycles. The number of halogens is 1. The van der Waals surface area contributed by atoms with E-state index in [0.717, 1.165) is 16.5 Å². The molecule has 4 aromatic rings. The van der Waals surface area contributed by atoms with Gasteiger partial charge in [0.2, 0.25) is 5.91 Å². The highest BCUT2D eigenvalue weighted by Gasteiger charge is 2.22. The van der Waals surface area contributed by atoms with E-state index in [1.54, 1.807) is 29.2 Å². The van der Waals surface area contributed by atoms with E-state index in [2.05, 4.69) is 10.2 Å². The summed E-state index contributed by atoms with van der Waals surface area (Å²) in [6.45, 7) is 1.93. The number of carbonyl (C=O) groups excluding carboxylic acids is 3. The number of piperazine rings is 1. The first-order chi connectivity index (χ1) is 20.0. The summed E-state index contributed by atoms with van der Waals surface area (Å²) in [6, 6.07) is 27.9. The maximum Gasteiger partial charge on any atom is 0.255 e. The van der Waals surface area contributed by atoms with Gasteiger partial charge in [0, 0.05) is 61.5 Å². The molecule has 0 radical (unpaired) electrons. The van der Waals surface area contributed by atoms with E-state index in [1.165, 1.54) is 0 Å². The maximum absolute atomic E-state index is 12.8. The quantitative estimate of drug-likeness (QED) is 0.254. The number of Topliss-reactive ketones (excluding diaryl/α,β-unsaturated/α-hetero) is 1. The number of ether oxygens (including phenoxy) is 1. The molecule has 0 atom stereocenters. The Bertz CT molecular complexity index is 1510. The summed E-state index contributed by atoms with van der Waals surface area (Å²) in [6.07, 6.45) is 0.292. The van der Waals surface area contributed by atoms with E-state index in [-0.39, 0.29) is 37.0 Å². The van der Waals surface area contributed by atoms with Crippen LogP contribution in [0.3, 0.4) is 0 Å². The van der Waals surface area contributed by atoms with Crippen LogP contribution < -0.4 is 15.0 Å². The van der Waals surface area contributed by atoms with Gasteiger partial charge in [0.1, 0.15) is 19.0 Å². The molecule has 1 aliphatic rings. The minimum absolute atomic E-state index is 0.0225. The van der Waals surface area contributed by atoms with E-state index in [1.807, 2.05) is 66.7 Å². The van der Waals surface area contributed by atoms with Gasteiger partial charge in [0.05, 0.1) is 0 Å². The number of carbonyl (C=O) groups is 3. The molecular weight excluding hydrogens is 520 g/mol. The Morgan fingerprint density at radius 3 is 2.15 bits per heavy atom. The molecule has 2 amide bonds. The Morgan fingerprint density at radius 2 is 1.44 bits per heavy atom. The Labute approximate surface area is 238 Å². The topological polar surface area (TPSA) is 79.0 Å². The Hall–Kier alpha value is -4.72. The second-order valence-electron chi connectivity index (χ2n) is 9.92. The van der Waals surface area contributed by atoms with Crippen LogP contribution in [0.1, 0.15) is 33.6 Å². The predicted molar refractivity (Wildman–Crippen MR) is 159 cm³/mol. The average Bonchev–Trinajstić information content (AvgIpc) is 3.03. The minimum atomic E-state index is -0.573. The number of alkyl halides is 1. The fraction of sp³-hybridized carbons (Fsp3) is 0.242. The van der Waals surface area contributed by atoms with Gasteiger partial charge in [0.15, 0.2) is 5.78 Å². The molecule has 7 nitrogen and oxygen atoms in total. The minimum Gasteiger partial charge on any atom is -0.491 e. The monoisotopic (exact) mass is 552 g/mol. The second-order valence-corrected chi connectivity index (χ2v) is 9.92. The van der Waals surface area contributed by atoms with Crippen molar-refractivity contribution in [3.8, 4) is 5.75 Å². The lowest BCUT2D eigenvalue weighted by molar-refractivity contribution is -0.131. The van der Waals surface area contributed by atoms with Crippen LogP contribution in [0.25, 0.3) is 10.8 Å². The van der Waals surface area contributed by atoms with E-state index in [9.17, 15) is 18.8 Å². The van der Waals surface area contributed by atoms with Gasteiger partial charge in [-0.1, -0.05) is 30.3 Å². The van der Waals surface area contributed by atoms with Crippen molar-refractivity contribution in [2.75, 3.05) is 49.7 Å². The molecule has 0 bridgehead atoms. The molecule has 1 N–H and O–H groups in total. The number of benzene rings is 4. The Morgan fingerprint density at radius 1 is 0.756 bits per heavy atom. The van der Waals surface area contributed by atoms with Gasteiger partial charge in [-0.2, -0.15) is 0 Å². The number of nitrogens with one attached hydrogen (secondary N) is 1. The zero-order valence-electron chi connectivity index (χ0n) is 22.7. The van der Waals surface area contributed by atoms with Gasteiger partial charge in [-0.25, -0.2) is 4.39 Å². The molecule has 1 fully saturated rings. The van der Waals surface area contributed by atoms with Crippen molar-refractivity contribution < 1.29 is 23.5 Å². The van der Waals surface area contributed by atoms with E-state index >= 15 is 0 Å². The smallest absolute Gasteiger partial charge is 0.255 e. The van der Waals surface area contributed by atoms with E-state index in [0.29, 0.717) is 48.7 Å². The zero-order chi connectivity index (χ0) is 28.6. The molecule has 210 valence electrons. The third-order valence-electron chi connectivity index (χ3n) is 7.22. The summed E-state index contributed by atoms with van der Waals surface area (Å²) in [5.74, 6) is 0.205. The number of ketones is 1. The zero-order valence-corrected chi connectivity index (χ0v) is 22.7. The van der Waals surface area contributed by atoms with Crippen molar-refractivity contribution in [1.29, 1.82) is 0 Å². The fourth-order valence-electron chi connectivity index (χ4n) is 4.92. The Kier molecular flexibility index (Phi) is 8.89. The normalized spacial score (nSPS) is 13.2. The largest absolute Gasteiger partial charge is 0.491 e. The molecule has 41 heavy (non-hydrogen) atoms. The van der Waals surface area contributed by atoms with Gasteiger partial charge in [-0.15, -0.1) is 0 Å². The van der Waals surface area contributed by atoms with Crippen LogP contribution in [0.15, 0.2) is 91.0 Å². The second kappa shape index (κ2) is 13.1.